The van der Waals surface area contributed by atoms with Gasteiger partial charge < -0.3 is 36.0 Å². The van der Waals surface area contributed by atoms with E-state index < -0.39 is 64.0 Å². The number of carboxylic acid groups (broad SMARTS) is 1. The maximum Gasteiger partial charge on any atom is 0.351 e. The van der Waals surface area contributed by atoms with Crippen molar-refractivity contribution in [3.63, 3.8) is 0 Å². The number of aromatic nitrogens is 3. The molecule has 2 aromatic heterocycles. The van der Waals surface area contributed by atoms with Crippen LogP contribution in [0.1, 0.15) is 26.0 Å². The van der Waals surface area contributed by atoms with E-state index in [1.807, 2.05) is 11.7 Å². The van der Waals surface area contributed by atoms with E-state index in [2.05, 4.69) is 19.7 Å². The van der Waals surface area contributed by atoms with E-state index in [1.54, 1.807) is 17.1 Å². The molecule has 0 bridgehead atoms. The molecule has 1 aromatic carbocycles. The summed E-state index contributed by atoms with van der Waals surface area (Å²) in [5.41, 5.74) is 9.90. The first-order chi connectivity index (χ1) is 22.0. The number of halogens is 1. The van der Waals surface area contributed by atoms with Crippen molar-refractivity contribution in [3.05, 3.63) is 47.5 Å². The van der Waals surface area contributed by atoms with Gasteiger partial charge in [-0.3, -0.25) is 9.59 Å². The second-order valence-electron chi connectivity index (χ2n) is 10.7. The number of nitrogens with one attached hydrogen (secondary N) is 1. The van der Waals surface area contributed by atoms with Gasteiger partial charge in [0.05, 0.1) is 23.8 Å². The summed E-state index contributed by atoms with van der Waals surface area (Å²) in [7, 11) is -3.48. The van der Waals surface area contributed by atoms with Crippen LogP contribution in [0, 0.1) is 5.82 Å². The maximum atomic E-state index is 15.0. The Morgan fingerprint density at radius 2 is 2.09 bits per heavy atom. The van der Waals surface area contributed by atoms with Crippen LogP contribution in [0.4, 0.5) is 9.52 Å². The van der Waals surface area contributed by atoms with Crippen molar-refractivity contribution in [2.24, 2.45) is 17.9 Å². The molecule has 1 fully saturated rings. The van der Waals surface area contributed by atoms with Gasteiger partial charge in [0.2, 0.25) is 16.6 Å². The minimum Gasteiger partial charge on any atom is -0.724 e. The van der Waals surface area contributed by atoms with Gasteiger partial charge in [0.15, 0.2) is 17.9 Å². The second kappa shape index (κ2) is 14.0. The summed E-state index contributed by atoms with van der Waals surface area (Å²) in [6.07, 6.45) is 2.45. The number of nitrogens with zero attached hydrogens (tertiary/aromatic N) is 5. The van der Waals surface area contributed by atoms with Crippen LogP contribution in [0.2, 0.25) is 0 Å². The number of nitrogens with two attached hydrogens (primary N) is 2. The minimum atomic E-state index is -5.29. The van der Waals surface area contributed by atoms with Gasteiger partial charge in [0.25, 0.3) is 17.9 Å². The molecule has 21 heteroatoms. The van der Waals surface area contributed by atoms with Crippen molar-refractivity contribution in [3.8, 4) is 16.9 Å². The number of carboxylic acids is 1. The van der Waals surface area contributed by atoms with Crippen molar-refractivity contribution in [1.29, 1.82) is 0 Å². The summed E-state index contributed by atoms with van der Waals surface area (Å²) in [6.45, 7) is 3.10. The van der Waals surface area contributed by atoms with Crippen LogP contribution in [0.3, 0.4) is 0 Å². The van der Waals surface area contributed by atoms with Crippen molar-refractivity contribution in [2.75, 3.05) is 18.9 Å². The quantitative estimate of drug-likeness (QED) is 0.0381. The highest BCUT2D eigenvalue weighted by atomic mass is 32.3. The Morgan fingerprint density at radius 3 is 2.66 bits per heavy atom. The van der Waals surface area contributed by atoms with E-state index in [1.165, 1.54) is 31.4 Å². The van der Waals surface area contributed by atoms with Gasteiger partial charge in [-0.1, -0.05) is 5.16 Å². The molecule has 1 aliphatic rings. The number of hydrogen-bond donors (Lipinski definition) is 4. The number of aryl methyl sites for hydroxylation is 2. The number of aliphatic carboxylic acids is 1. The molecule has 3 aromatic rings. The van der Waals surface area contributed by atoms with E-state index in [4.69, 9.17) is 21.0 Å². The summed E-state index contributed by atoms with van der Waals surface area (Å²) in [5, 5.41) is 17.3. The van der Waals surface area contributed by atoms with Crippen LogP contribution < -0.4 is 26.2 Å². The molecule has 0 saturated carbocycles. The number of ether oxygens (including phenoxy) is 1. The van der Waals surface area contributed by atoms with Crippen LogP contribution in [-0.2, 0) is 47.5 Å². The molecule has 0 unspecified atom stereocenters. The van der Waals surface area contributed by atoms with E-state index in [0.29, 0.717) is 23.7 Å². The third-order valence-corrected chi connectivity index (χ3v) is 7.91. The molecule has 1 aliphatic heterocycles. The van der Waals surface area contributed by atoms with E-state index in [0.717, 1.165) is 23.8 Å². The highest BCUT2D eigenvalue weighted by molar-refractivity contribution is 7.80. The molecule has 6 N–H and O–H groups in total. The molecule has 1 saturated heterocycles. The van der Waals surface area contributed by atoms with Gasteiger partial charge in [-0.2, -0.15) is 14.0 Å². The maximum absolute atomic E-state index is 15.0. The van der Waals surface area contributed by atoms with Crippen LogP contribution in [0.25, 0.3) is 11.1 Å². The zero-order valence-electron chi connectivity index (χ0n) is 25.2. The molecule has 0 aliphatic carbocycles. The van der Waals surface area contributed by atoms with Gasteiger partial charge in [0.1, 0.15) is 29.9 Å². The molecule has 0 radical (unpaired) electrons. The Balaban J connectivity index is 1.47. The summed E-state index contributed by atoms with van der Waals surface area (Å²) >= 11 is 0.920. The fourth-order valence-electron chi connectivity index (χ4n) is 4.45. The zero-order chi connectivity index (χ0) is 34.7. The monoisotopic (exact) mass is 698 g/mol. The molecule has 18 nitrogen and oxygen atoms in total. The molecule has 0 spiro atoms. The van der Waals surface area contributed by atoms with Crippen LogP contribution in [0.5, 0.6) is 5.75 Å². The predicted molar refractivity (Wildman–Crippen MR) is 159 cm³/mol. The Bertz CT molecular complexity index is 1810. The number of hydrogen-bond acceptors (Lipinski definition) is 14. The minimum absolute atomic E-state index is 0.0140. The number of carbonyl (C=O) groups excluding carboxylic acids is 2. The van der Waals surface area contributed by atoms with Crippen molar-refractivity contribution in [2.45, 2.75) is 44.5 Å². The number of thiazole rings is 1. The van der Waals surface area contributed by atoms with Crippen LogP contribution in [0.15, 0.2) is 41.1 Å². The number of nitrogen functional groups attached to an aromatic ring is 1. The number of oxime groups is 1. The largest absolute Gasteiger partial charge is 0.724 e. The van der Waals surface area contributed by atoms with Crippen LogP contribution >= 0.6 is 11.3 Å². The standard InChI is InChI=1S/C26H31FN8O10S2/c1-26(2)21(23(37)35(26)45-47(40,41)42)31-22(36)20(18-13-46-25(29)30-18)32-44-19(24(38)39)12-43-15-5-6-16(17(27)9-15)14-10-33(3)34(11-14)8-4-7-28/h5-6,9-11,13,19,21H,4,7-8,12,28H2,1-3H3,(H4-,29,30,31,36,38,39,40,41,42)/b32-20-/t19-,21+/m0/s1. The second-order valence-corrected chi connectivity index (χ2v) is 12.5. The van der Waals surface area contributed by atoms with Gasteiger partial charge >= 0.3 is 5.97 Å². The van der Waals surface area contributed by atoms with E-state index >= 15 is 4.39 Å². The first-order valence-electron chi connectivity index (χ1n) is 13.7. The smallest absolute Gasteiger partial charge is 0.351 e. The lowest BCUT2D eigenvalue weighted by Gasteiger charge is -2.51. The van der Waals surface area contributed by atoms with Crippen LogP contribution in [-0.4, -0.2) is 87.1 Å². The molecule has 4 rings (SSSR count). The number of rotatable bonds is 15. The third-order valence-electron chi connectivity index (χ3n) is 6.91. The summed E-state index contributed by atoms with van der Waals surface area (Å²) in [6, 6.07) is 2.60. The highest BCUT2D eigenvalue weighted by Crippen LogP contribution is 2.33. The number of carbonyl (C=O) groups is 3. The molecular formula is C26H31FN8O10S2. The molecule has 2 amide bonds. The van der Waals surface area contributed by atoms with Crippen molar-refractivity contribution < 1.29 is 55.4 Å². The van der Waals surface area contributed by atoms with Gasteiger partial charge in [0, 0.05) is 17.0 Å². The first kappa shape index (κ1) is 35.2. The van der Waals surface area contributed by atoms with Gasteiger partial charge in [-0.15, -0.1) is 16.0 Å². The van der Waals surface area contributed by atoms with E-state index in [-0.39, 0.29) is 22.1 Å². The third kappa shape index (κ3) is 8.18. The average Bonchev–Trinajstić information content (AvgIpc) is 3.58. The predicted octanol–water partition coefficient (Wildman–Crippen LogP) is -0.743. The highest BCUT2D eigenvalue weighted by Gasteiger charge is 2.57. The van der Waals surface area contributed by atoms with Crippen molar-refractivity contribution >= 4 is 50.4 Å². The molecular weight excluding hydrogens is 667 g/mol. The molecule has 47 heavy (non-hydrogen) atoms. The fourth-order valence-corrected chi connectivity index (χ4v) is 5.44. The summed E-state index contributed by atoms with van der Waals surface area (Å²) in [4.78, 5) is 46.6. The Morgan fingerprint density at radius 1 is 1.36 bits per heavy atom. The molecule has 2 atom stereocenters. The lowest BCUT2D eigenvalue weighted by atomic mass is 9.84. The number of anilines is 1. The van der Waals surface area contributed by atoms with Gasteiger partial charge in [-0.25, -0.2) is 22.6 Å². The van der Waals surface area contributed by atoms with E-state index in [9.17, 15) is 32.5 Å². The summed E-state index contributed by atoms with van der Waals surface area (Å²) in [5.74, 6) is -4.33. The Labute approximate surface area is 271 Å². The topological polar surface area (TPSA) is 258 Å². The summed E-state index contributed by atoms with van der Waals surface area (Å²) < 4.78 is 61.3. The number of amides is 2. The number of β-lactam (4-membered cyclic amide) rings is 1. The Hall–Kier alpha value is -4.70. The first-order valence-corrected chi connectivity index (χ1v) is 15.9. The SMILES string of the molecule is C[n+]1cc(-c2ccc(OC[C@H](O/N=C(\C(=O)N[C@@H]3C(=O)N(OS(=O)(=O)[O-])C3(C)C)c3csc(N)n3)C(=O)O)cc2F)cn1CCCN. The molecule has 3 heterocycles. The number of hydroxylamine groups is 2. The average molecular weight is 699 g/mol. The lowest BCUT2D eigenvalue weighted by Crippen LogP contribution is -2.76. The van der Waals surface area contributed by atoms with Crippen molar-refractivity contribution in [1.82, 2.24) is 20.0 Å². The molecule has 254 valence electrons. The van der Waals surface area contributed by atoms with Gasteiger partial charge in [-0.05, 0) is 38.9 Å². The zero-order valence-corrected chi connectivity index (χ0v) is 26.8. The Kier molecular flexibility index (Phi) is 10.4. The fraction of sp³-hybridized carbons (Fsp3) is 0.385. The normalized spacial score (nSPS) is 16.8. The number of benzene rings is 1. The lowest BCUT2D eigenvalue weighted by molar-refractivity contribution is -0.753.